The van der Waals surface area contributed by atoms with E-state index in [1.165, 1.54) is 13.0 Å². The van der Waals surface area contributed by atoms with Crippen molar-refractivity contribution in [1.82, 2.24) is 0 Å². The summed E-state index contributed by atoms with van der Waals surface area (Å²) in [6.45, 7) is 3.05. The van der Waals surface area contributed by atoms with Crippen LogP contribution in [0.15, 0.2) is 41.3 Å². The number of aryl methyl sites for hydroxylation is 1. The molecule has 2 aromatic rings. The molecule has 2 amide bonds. The molecule has 26 heavy (non-hydrogen) atoms. The summed E-state index contributed by atoms with van der Waals surface area (Å²) in [5, 5.41) is 2.62. The van der Waals surface area contributed by atoms with Crippen LogP contribution in [0.1, 0.15) is 18.1 Å². The smallest absolute Gasteiger partial charge is 0.262 e. The number of carbonyl (C=O) groups is 2. The quantitative estimate of drug-likeness (QED) is 0.859. The standard InChI is InChI=1S/C18H19N3O4S/c1-11-8-14(19-12(2)22)5-7-17(11)26(24,25)20-15-4-6-16-13(9-15)10-18(23)21(16)3/h4-9,20H,10H2,1-3H3,(H,19,22). The molecule has 0 saturated carbocycles. The summed E-state index contributed by atoms with van der Waals surface area (Å²) >= 11 is 0. The Morgan fingerprint density at radius 3 is 2.46 bits per heavy atom. The van der Waals surface area contributed by atoms with Crippen molar-refractivity contribution in [3.05, 3.63) is 47.5 Å². The van der Waals surface area contributed by atoms with Gasteiger partial charge in [0.1, 0.15) is 0 Å². The van der Waals surface area contributed by atoms with Crippen LogP contribution in [-0.2, 0) is 26.0 Å². The molecule has 0 aromatic heterocycles. The molecular formula is C18H19N3O4S. The van der Waals surface area contributed by atoms with Crippen molar-refractivity contribution in [2.75, 3.05) is 22.0 Å². The number of fused-ring (bicyclic) bond motifs is 1. The van der Waals surface area contributed by atoms with Gasteiger partial charge >= 0.3 is 0 Å². The second-order valence-corrected chi connectivity index (χ2v) is 7.89. The lowest BCUT2D eigenvalue weighted by Gasteiger charge is -2.14. The molecule has 0 aliphatic carbocycles. The van der Waals surface area contributed by atoms with Gasteiger partial charge in [-0.2, -0.15) is 0 Å². The van der Waals surface area contributed by atoms with E-state index in [4.69, 9.17) is 0 Å². The molecule has 8 heteroatoms. The first kappa shape index (κ1) is 17.9. The Labute approximate surface area is 152 Å². The lowest BCUT2D eigenvalue weighted by atomic mass is 10.1. The number of carbonyl (C=O) groups excluding carboxylic acids is 2. The number of benzene rings is 2. The lowest BCUT2D eigenvalue weighted by molar-refractivity contribution is -0.117. The Morgan fingerprint density at radius 1 is 1.12 bits per heavy atom. The van der Waals surface area contributed by atoms with Crippen LogP contribution in [0.25, 0.3) is 0 Å². The van der Waals surface area contributed by atoms with Crippen LogP contribution < -0.4 is 14.9 Å². The minimum absolute atomic E-state index is 0.0237. The topological polar surface area (TPSA) is 95.6 Å². The van der Waals surface area contributed by atoms with Gasteiger partial charge in [0, 0.05) is 31.0 Å². The molecule has 0 fully saturated rings. The van der Waals surface area contributed by atoms with Gasteiger partial charge < -0.3 is 10.2 Å². The van der Waals surface area contributed by atoms with Crippen molar-refractivity contribution in [2.24, 2.45) is 0 Å². The molecule has 1 heterocycles. The fourth-order valence-electron chi connectivity index (χ4n) is 2.98. The van der Waals surface area contributed by atoms with Gasteiger partial charge in [-0.25, -0.2) is 8.42 Å². The van der Waals surface area contributed by atoms with E-state index >= 15 is 0 Å². The average Bonchev–Trinajstić information content (AvgIpc) is 2.80. The summed E-state index contributed by atoms with van der Waals surface area (Å²) in [5.41, 5.74) is 3.02. The zero-order chi connectivity index (χ0) is 19.1. The van der Waals surface area contributed by atoms with Crippen molar-refractivity contribution in [1.29, 1.82) is 0 Å². The van der Waals surface area contributed by atoms with E-state index < -0.39 is 10.0 Å². The largest absolute Gasteiger partial charge is 0.326 e. The molecule has 0 bridgehead atoms. The summed E-state index contributed by atoms with van der Waals surface area (Å²) in [4.78, 5) is 24.6. The maximum absolute atomic E-state index is 12.7. The van der Waals surface area contributed by atoms with Crippen LogP contribution in [0.3, 0.4) is 0 Å². The molecule has 2 aromatic carbocycles. The number of amides is 2. The van der Waals surface area contributed by atoms with E-state index in [1.54, 1.807) is 49.2 Å². The number of nitrogens with zero attached hydrogens (tertiary/aromatic N) is 1. The number of rotatable bonds is 4. The van der Waals surface area contributed by atoms with Crippen molar-refractivity contribution in [2.45, 2.75) is 25.2 Å². The van der Waals surface area contributed by atoms with Crippen molar-refractivity contribution in [3.8, 4) is 0 Å². The van der Waals surface area contributed by atoms with Crippen LogP contribution in [-0.4, -0.2) is 27.3 Å². The Bertz CT molecular complexity index is 1020. The Balaban J connectivity index is 1.87. The van der Waals surface area contributed by atoms with Crippen LogP contribution in [0.5, 0.6) is 0 Å². The summed E-state index contributed by atoms with van der Waals surface area (Å²) in [6.07, 6.45) is 0.256. The highest BCUT2D eigenvalue weighted by molar-refractivity contribution is 7.92. The normalized spacial score (nSPS) is 13.5. The zero-order valence-electron chi connectivity index (χ0n) is 14.7. The molecule has 3 rings (SSSR count). The van der Waals surface area contributed by atoms with Crippen molar-refractivity contribution >= 4 is 38.9 Å². The van der Waals surface area contributed by atoms with E-state index in [-0.39, 0.29) is 23.1 Å². The van der Waals surface area contributed by atoms with Gasteiger partial charge in [-0.15, -0.1) is 0 Å². The molecule has 0 spiro atoms. The van der Waals surface area contributed by atoms with E-state index in [2.05, 4.69) is 10.0 Å². The Morgan fingerprint density at radius 2 is 1.81 bits per heavy atom. The Hall–Kier alpha value is -2.87. The summed E-state index contributed by atoms with van der Waals surface area (Å²) in [6, 6.07) is 9.63. The van der Waals surface area contributed by atoms with E-state index in [9.17, 15) is 18.0 Å². The van der Waals surface area contributed by atoms with Crippen molar-refractivity contribution < 1.29 is 18.0 Å². The molecular weight excluding hydrogens is 354 g/mol. The monoisotopic (exact) mass is 373 g/mol. The van der Waals surface area contributed by atoms with Gasteiger partial charge in [-0.1, -0.05) is 0 Å². The van der Waals surface area contributed by atoms with Gasteiger partial charge in [0.05, 0.1) is 11.3 Å². The minimum atomic E-state index is -3.79. The minimum Gasteiger partial charge on any atom is -0.326 e. The van der Waals surface area contributed by atoms with Crippen LogP contribution in [0.2, 0.25) is 0 Å². The number of hydrogen-bond acceptors (Lipinski definition) is 4. The second-order valence-electron chi connectivity index (χ2n) is 6.24. The number of sulfonamides is 1. The maximum atomic E-state index is 12.7. The third kappa shape index (κ3) is 3.41. The molecule has 0 saturated heterocycles. The number of hydrogen-bond donors (Lipinski definition) is 2. The molecule has 0 unspecified atom stereocenters. The van der Waals surface area contributed by atoms with E-state index in [1.807, 2.05) is 0 Å². The van der Waals surface area contributed by atoms with Gasteiger partial charge in [0.15, 0.2) is 0 Å². The molecule has 136 valence electrons. The molecule has 0 atom stereocenters. The second kappa shape index (κ2) is 6.45. The molecule has 1 aliphatic rings. The predicted octanol–water partition coefficient (Wildman–Crippen LogP) is 2.27. The van der Waals surface area contributed by atoms with Gasteiger partial charge in [-0.05, 0) is 54.4 Å². The van der Waals surface area contributed by atoms with Gasteiger partial charge in [0.2, 0.25) is 11.8 Å². The number of nitrogens with one attached hydrogen (secondary N) is 2. The van der Waals surface area contributed by atoms with Crippen molar-refractivity contribution in [3.63, 3.8) is 0 Å². The molecule has 1 aliphatic heterocycles. The SMILES string of the molecule is CC(=O)Nc1ccc(S(=O)(=O)Nc2ccc3c(c2)CC(=O)N3C)c(C)c1. The zero-order valence-corrected chi connectivity index (χ0v) is 15.5. The first-order chi connectivity index (χ1) is 12.2. The summed E-state index contributed by atoms with van der Waals surface area (Å²) in [7, 11) is -2.10. The maximum Gasteiger partial charge on any atom is 0.262 e. The summed E-state index contributed by atoms with van der Waals surface area (Å²) in [5.74, 6) is -0.250. The number of anilines is 3. The first-order valence-corrected chi connectivity index (χ1v) is 9.46. The average molecular weight is 373 g/mol. The number of likely N-dealkylation sites (N-methyl/N-ethyl adjacent to an activating group) is 1. The fourth-order valence-corrected chi connectivity index (χ4v) is 4.25. The van der Waals surface area contributed by atoms with E-state index in [0.717, 1.165) is 11.3 Å². The predicted molar refractivity (Wildman–Crippen MR) is 99.8 cm³/mol. The van der Waals surface area contributed by atoms with Crippen LogP contribution in [0, 0.1) is 6.92 Å². The molecule has 0 radical (unpaired) electrons. The molecule has 7 nitrogen and oxygen atoms in total. The van der Waals surface area contributed by atoms with E-state index in [0.29, 0.717) is 16.9 Å². The summed E-state index contributed by atoms with van der Waals surface area (Å²) < 4.78 is 28.0. The van der Waals surface area contributed by atoms with Crippen LogP contribution in [0.4, 0.5) is 17.1 Å². The van der Waals surface area contributed by atoms with Crippen LogP contribution >= 0.6 is 0 Å². The Kier molecular flexibility index (Phi) is 4.45. The van der Waals surface area contributed by atoms with Gasteiger partial charge in [0.25, 0.3) is 10.0 Å². The highest BCUT2D eigenvalue weighted by Crippen LogP contribution is 2.31. The first-order valence-electron chi connectivity index (χ1n) is 7.98. The lowest BCUT2D eigenvalue weighted by Crippen LogP contribution is -2.20. The third-order valence-corrected chi connectivity index (χ3v) is 5.74. The third-order valence-electron chi connectivity index (χ3n) is 4.19. The highest BCUT2D eigenvalue weighted by Gasteiger charge is 2.25. The fraction of sp³-hybridized carbons (Fsp3) is 0.222. The highest BCUT2D eigenvalue weighted by atomic mass is 32.2. The van der Waals surface area contributed by atoms with Gasteiger partial charge in [-0.3, -0.25) is 14.3 Å². The molecule has 2 N–H and O–H groups in total.